The van der Waals surface area contributed by atoms with Crippen molar-refractivity contribution in [2.45, 2.75) is 26.2 Å². The molecular weight excluding hydrogens is 210 g/mol. The molecule has 1 spiro atoms. The van der Waals surface area contributed by atoms with Crippen molar-refractivity contribution in [3.63, 3.8) is 0 Å². The van der Waals surface area contributed by atoms with Gasteiger partial charge in [-0.1, -0.05) is 6.42 Å². The zero-order valence-corrected chi connectivity index (χ0v) is 9.52. The van der Waals surface area contributed by atoms with Gasteiger partial charge in [0.2, 0.25) is 5.91 Å². The second-order valence-electron chi connectivity index (χ2n) is 4.50. The number of nitrogens with zero attached hydrogens (tertiary/aromatic N) is 1. The molecule has 0 atom stereocenters. The van der Waals surface area contributed by atoms with E-state index in [4.69, 9.17) is 0 Å². The maximum absolute atomic E-state index is 12.2. The van der Waals surface area contributed by atoms with Crippen LogP contribution in [0.1, 0.15) is 26.2 Å². The molecule has 0 aromatic heterocycles. The van der Waals surface area contributed by atoms with Crippen LogP contribution >= 0.6 is 11.8 Å². The van der Waals surface area contributed by atoms with Gasteiger partial charge >= 0.3 is 0 Å². The molecule has 4 heteroatoms. The van der Waals surface area contributed by atoms with E-state index < -0.39 is 5.41 Å². The van der Waals surface area contributed by atoms with Gasteiger partial charge in [0.05, 0.1) is 5.03 Å². The summed E-state index contributed by atoms with van der Waals surface area (Å²) in [7, 11) is 0. The molecule has 0 aromatic carbocycles. The summed E-state index contributed by atoms with van der Waals surface area (Å²) in [6.45, 7) is 2.65. The number of Topliss-reactive ketones (excluding diaryl/α,β-unsaturated/α-hetero) is 1. The highest BCUT2D eigenvalue weighted by Crippen LogP contribution is 2.51. The number of fused-ring (bicyclic) bond motifs is 1. The molecule has 15 heavy (non-hydrogen) atoms. The summed E-state index contributed by atoms with van der Waals surface area (Å²) < 4.78 is 0. The predicted molar refractivity (Wildman–Crippen MR) is 58.2 cm³/mol. The number of carbonyl (C=O) groups excluding carboxylic acids is 2. The lowest BCUT2D eigenvalue weighted by Gasteiger charge is -2.44. The van der Waals surface area contributed by atoms with Crippen molar-refractivity contribution in [2.75, 3.05) is 12.3 Å². The van der Waals surface area contributed by atoms with E-state index >= 15 is 0 Å². The molecule has 0 bridgehead atoms. The summed E-state index contributed by atoms with van der Waals surface area (Å²) in [5.74, 6) is 1.10. The molecule has 2 fully saturated rings. The van der Waals surface area contributed by atoms with Crippen molar-refractivity contribution >= 4 is 23.5 Å². The van der Waals surface area contributed by atoms with E-state index in [0.29, 0.717) is 0 Å². The Kier molecular flexibility index (Phi) is 1.81. The molecule has 3 nitrogen and oxygen atoms in total. The number of thioether (sulfide) groups is 1. The highest BCUT2D eigenvalue weighted by atomic mass is 32.2. The molecular formula is C11H13NO2S. The molecule has 1 saturated heterocycles. The minimum absolute atomic E-state index is 0.0735. The van der Waals surface area contributed by atoms with Gasteiger partial charge in [-0.3, -0.25) is 9.59 Å². The lowest BCUT2D eigenvalue weighted by Crippen LogP contribution is -2.55. The number of hydrogen-bond donors (Lipinski definition) is 0. The average Bonchev–Trinajstić information content (AvgIpc) is 2.61. The third-order valence-corrected chi connectivity index (χ3v) is 4.94. The van der Waals surface area contributed by atoms with Gasteiger partial charge < -0.3 is 4.90 Å². The van der Waals surface area contributed by atoms with Crippen LogP contribution in [0.25, 0.3) is 0 Å². The van der Waals surface area contributed by atoms with E-state index in [2.05, 4.69) is 0 Å². The van der Waals surface area contributed by atoms with Crippen LogP contribution in [0, 0.1) is 5.41 Å². The van der Waals surface area contributed by atoms with E-state index in [0.717, 1.165) is 42.2 Å². The van der Waals surface area contributed by atoms with Crippen molar-refractivity contribution in [1.82, 2.24) is 4.90 Å². The van der Waals surface area contributed by atoms with E-state index in [-0.39, 0.29) is 11.7 Å². The van der Waals surface area contributed by atoms with Crippen molar-refractivity contribution in [3.8, 4) is 0 Å². The van der Waals surface area contributed by atoms with Crippen LogP contribution in [-0.4, -0.2) is 28.9 Å². The first-order valence-corrected chi connectivity index (χ1v) is 6.36. The maximum Gasteiger partial charge on any atom is 0.241 e. The largest absolute Gasteiger partial charge is 0.305 e. The Bertz CT molecular complexity index is 395. The third-order valence-electron chi connectivity index (χ3n) is 3.76. The van der Waals surface area contributed by atoms with Gasteiger partial charge in [0.25, 0.3) is 0 Å². The predicted octanol–water partition coefficient (Wildman–Crippen LogP) is 1.55. The number of allylic oxidation sites excluding steroid dienone is 1. The fourth-order valence-electron chi connectivity index (χ4n) is 2.70. The number of amides is 1. The topological polar surface area (TPSA) is 37.4 Å². The normalized spacial score (nSPS) is 28.5. The Morgan fingerprint density at radius 3 is 2.67 bits per heavy atom. The molecule has 2 heterocycles. The molecule has 2 aliphatic heterocycles. The minimum atomic E-state index is -0.640. The second-order valence-corrected chi connectivity index (χ2v) is 5.58. The molecule has 80 valence electrons. The van der Waals surface area contributed by atoms with E-state index in [9.17, 15) is 9.59 Å². The minimum Gasteiger partial charge on any atom is -0.305 e. The zero-order valence-electron chi connectivity index (χ0n) is 8.71. The summed E-state index contributed by atoms with van der Waals surface area (Å²) in [4.78, 5) is 26.2. The van der Waals surface area contributed by atoms with Gasteiger partial charge in [-0.05, 0) is 19.8 Å². The Hall–Kier alpha value is -0.770. The number of hydrogen-bond acceptors (Lipinski definition) is 3. The fraction of sp³-hybridized carbons (Fsp3) is 0.636. The van der Waals surface area contributed by atoms with Gasteiger partial charge in [0.1, 0.15) is 5.41 Å². The van der Waals surface area contributed by atoms with E-state index in [1.165, 1.54) is 0 Å². The molecule has 1 amide bonds. The first-order chi connectivity index (χ1) is 7.17. The first-order valence-electron chi connectivity index (χ1n) is 5.37. The summed E-state index contributed by atoms with van der Waals surface area (Å²) in [5.41, 5.74) is 0.176. The van der Waals surface area contributed by atoms with Crippen molar-refractivity contribution in [3.05, 3.63) is 10.6 Å². The first kappa shape index (κ1) is 9.46. The molecule has 0 N–H and O–H groups in total. The quantitative estimate of drug-likeness (QED) is 0.585. The van der Waals surface area contributed by atoms with Gasteiger partial charge in [-0.2, -0.15) is 0 Å². The summed E-state index contributed by atoms with van der Waals surface area (Å²) >= 11 is 1.64. The maximum atomic E-state index is 12.2. The lowest BCUT2D eigenvalue weighted by atomic mass is 9.62. The Balaban J connectivity index is 2.12. The van der Waals surface area contributed by atoms with Crippen LogP contribution in [0.4, 0.5) is 0 Å². The van der Waals surface area contributed by atoms with Gasteiger partial charge in [0.15, 0.2) is 5.78 Å². The summed E-state index contributed by atoms with van der Waals surface area (Å²) in [6, 6.07) is 0. The lowest BCUT2D eigenvalue weighted by molar-refractivity contribution is -0.153. The van der Waals surface area contributed by atoms with Crippen LogP contribution in [0.3, 0.4) is 0 Å². The number of rotatable bonds is 0. The Morgan fingerprint density at radius 1 is 1.33 bits per heavy atom. The summed E-state index contributed by atoms with van der Waals surface area (Å²) in [6.07, 6.45) is 2.54. The average molecular weight is 223 g/mol. The highest BCUT2D eigenvalue weighted by molar-refractivity contribution is 8.03. The van der Waals surface area contributed by atoms with Gasteiger partial charge in [-0.15, -0.1) is 11.8 Å². The highest BCUT2D eigenvalue weighted by Gasteiger charge is 2.56. The van der Waals surface area contributed by atoms with Crippen molar-refractivity contribution in [1.29, 1.82) is 0 Å². The molecule has 0 aromatic rings. The van der Waals surface area contributed by atoms with Gasteiger partial charge in [0, 0.05) is 17.9 Å². The molecule has 3 aliphatic rings. The van der Waals surface area contributed by atoms with Crippen molar-refractivity contribution in [2.24, 2.45) is 5.41 Å². The smallest absolute Gasteiger partial charge is 0.241 e. The molecule has 1 aliphatic carbocycles. The molecule has 0 radical (unpaired) electrons. The monoisotopic (exact) mass is 223 g/mol. The zero-order chi connectivity index (χ0) is 10.6. The van der Waals surface area contributed by atoms with Crippen LogP contribution < -0.4 is 0 Å². The number of carbonyl (C=O) groups is 2. The SMILES string of the molecule is CC1=C2SCCN2C(=O)C2(CCC2)C1=O. The van der Waals surface area contributed by atoms with Crippen molar-refractivity contribution < 1.29 is 9.59 Å². The molecule has 1 saturated carbocycles. The summed E-state index contributed by atoms with van der Waals surface area (Å²) in [5, 5.41) is 0.919. The molecule has 3 rings (SSSR count). The van der Waals surface area contributed by atoms with Gasteiger partial charge in [-0.25, -0.2) is 0 Å². The van der Waals surface area contributed by atoms with Crippen LogP contribution in [0.15, 0.2) is 10.6 Å². The Labute approximate surface area is 92.9 Å². The fourth-order valence-corrected chi connectivity index (χ4v) is 3.81. The van der Waals surface area contributed by atoms with E-state index in [1.807, 2.05) is 11.8 Å². The van der Waals surface area contributed by atoms with Crippen LogP contribution in [0.5, 0.6) is 0 Å². The Morgan fingerprint density at radius 2 is 2.07 bits per heavy atom. The number of ketones is 1. The van der Waals surface area contributed by atoms with E-state index in [1.54, 1.807) is 11.8 Å². The third kappa shape index (κ3) is 0.982. The second kappa shape index (κ2) is 2.88. The van der Waals surface area contributed by atoms with Crippen LogP contribution in [0.2, 0.25) is 0 Å². The van der Waals surface area contributed by atoms with Crippen LogP contribution in [-0.2, 0) is 9.59 Å². The standard InChI is InChI=1S/C11H13NO2S/c1-7-8(13)11(3-2-4-11)10(14)12-5-6-15-9(7)12/h2-6H2,1H3. The molecule has 0 unspecified atom stereocenters.